The summed E-state index contributed by atoms with van der Waals surface area (Å²) in [6.07, 6.45) is 0. The molecule has 1 heterocycles. The van der Waals surface area contributed by atoms with Gasteiger partial charge in [0.1, 0.15) is 5.82 Å². The fraction of sp³-hybridized carbons (Fsp3) is 0.200. The number of fused-ring (bicyclic) bond motifs is 1. The summed E-state index contributed by atoms with van der Waals surface area (Å²) in [7, 11) is 0. The van der Waals surface area contributed by atoms with E-state index in [4.69, 9.17) is 4.98 Å². The van der Waals surface area contributed by atoms with Crippen LogP contribution in [0.25, 0.3) is 16.6 Å². The molecule has 0 radical (unpaired) electrons. The molecule has 0 saturated carbocycles. The molecule has 0 aliphatic rings. The minimum absolute atomic E-state index is 0.106. The third-order valence-corrected chi connectivity index (χ3v) is 6.03. The molecule has 0 N–H and O–H groups in total. The molecule has 4 rings (SSSR count). The van der Waals surface area contributed by atoms with Crippen molar-refractivity contribution in [3.05, 3.63) is 100 Å². The van der Waals surface area contributed by atoms with Crippen LogP contribution in [0.4, 0.5) is 4.39 Å². The molecule has 0 unspecified atom stereocenters. The van der Waals surface area contributed by atoms with E-state index in [9.17, 15) is 9.18 Å². The minimum Gasteiger partial charge on any atom is -0.268 e. The second kappa shape index (κ2) is 8.07. The third kappa shape index (κ3) is 4.17. The van der Waals surface area contributed by atoms with E-state index in [-0.39, 0.29) is 16.8 Å². The Morgan fingerprint density at radius 2 is 1.60 bits per heavy atom. The first kappa shape index (κ1) is 20.4. The molecule has 0 atom stereocenters. The van der Waals surface area contributed by atoms with E-state index in [1.54, 1.807) is 22.8 Å². The van der Waals surface area contributed by atoms with Crippen molar-refractivity contribution >= 4 is 22.7 Å². The summed E-state index contributed by atoms with van der Waals surface area (Å²) in [4.78, 5) is 18.0. The van der Waals surface area contributed by atoms with Crippen molar-refractivity contribution in [2.45, 2.75) is 37.1 Å². The zero-order valence-corrected chi connectivity index (χ0v) is 18.0. The number of aromatic nitrogens is 2. The summed E-state index contributed by atoms with van der Waals surface area (Å²) in [5, 5.41) is 1.13. The number of thioether (sulfide) groups is 1. The van der Waals surface area contributed by atoms with Gasteiger partial charge in [-0.2, -0.15) is 0 Å². The maximum Gasteiger partial charge on any atom is 0.266 e. The molecule has 3 aromatic carbocycles. The van der Waals surface area contributed by atoms with Crippen molar-refractivity contribution in [1.29, 1.82) is 0 Å². The van der Waals surface area contributed by atoms with Crippen LogP contribution in [0.1, 0.15) is 31.9 Å². The van der Waals surface area contributed by atoms with E-state index in [1.165, 1.54) is 29.5 Å². The number of hydrogen-bond donors (Lipinski definition) is 0. The summed E-state index contributed by atoms with van der Waals surface area (Å²) >= 11 is 1.50. The van der Waals surface area contributed by atoms with Gasteiger partial charge in [-0.1, -0.05) is 68.9 Å². The lowest BCUT2D eigenvalue weighted by molar-refractivity contribution is 0.590. The van der Waals surface area contributed by atoms with Gasteiger partial charge in [0.2, 0.25) is 0 Å². The number of nitrogens with zero attached hydrogens (tertiary/aromatic N) is 2. The molecule has 0 aliphatic heterocycles. The molecular formula is C25H23FN2OS. The van der Waals surface area contributed by atoms with Crippen LogP contribution in [0.15, 0.2) is 82.7 Å². The first-order chi connectivity index (χ1) is 14.3. The zero-order valence-electron chi connectivity index (χ0n) is 17.2. The monoisotopic (exact) mass is 418 g/mol. The maximum atomic E-state index is 13.4. The van der Waals surface area contributed by atoms with Crippen LogP contribution in [-0.2, 0) is 11.2 Å². The molecule has 1 aromatic heterocycles. The van der Waals surface area contributed by atoms with E-state index in [0.29, 0.717) is 27.5 Å². The number of para-hydroxylation sites is 1. The highest BCUT2D eigenvalue weighted by molar-refractivity contribution is 7.98. The summed E-state index contributed by atoms with van der Waals surface area (Å²) < 4.78 is 15.0. The highest BCUT2D eigenvalue weighted by Gasteiger charge is 2.15. The Morgan fingerprint density at radius 1 is 0.933 bits per heavy atom. The zero-order chi connectivity index (χ0) is 21.3. The number of halogens is 1. The molecule has 5 heteroatoms. The summed E-state index contributed by atoms with van der Waals surface area (Å²) in [5.74, 6) is 0.338. The molecule has 152 valence electrons. The summed E-state index contributed by atoms with van der Waals surface area (Å²) in [6, 6.07) is 21.8. The predicted molar refractivity (Wildman–Crippen MR) is 122 cm³/mol. The average molecular weight is 419 g/mol. The van der Waals surface area contributed by atoms with Gasteiger partial charge >= 0.3 is 0 Å². The van der Waals surface area contributed by atoms with Crippen molar-refractivity contribution < 1.29 is 4.39 Å². The standard InChI is InChI=1S/C25H23FN2OS/c1-25(2,3)18-10-8-17(9-11-18)16-30-24-27-22-7-5-4-6-21(22)23(29)28(24)20-14-12-19(26)13-15-20/h4-15H,16H2,1-3H3. The Bertz CT molecular complexity index is 1240. The average Bonchev–Trinajstić information content (AvgIpc) is 2.73. The van der Waals surface area contributed by atoms with Crippen LogP contribution in [0.2, 0.25) is 0 Å². The van der Waals surface area contributed by atoms with Crippen LogP contribution in [-0.4, -0.2) is 9.55 Å². The van der Waals surface area contributed by atoms with Gasteiger partial charge in [0.05, 0.1) is 16.6 Å². The molecule has 30 heavy (non-hydrogen) atoms. The Labute approximate surface area is 179 Å². The Hall–Kier alpha value is -2.92. The Kier molecular flexibility index (Phi) is 5.48. The molecule has 3 nitrogen and oxygen atoms in total. The van der Waals surface area contributed by atoms with Gasteiger partial charge in [0.25, 0.3) is 5.56 Å². The van der Waals surface area contributed by atoms with E-state index >= 15 is 0 Å². The molecule has 0 spiro atoms. The summed E-state index contributed by atoms with van der Waals surface area (Å²) in [5.41, 5.74) is 3.65. The van der Waals surface area contributed by atoms with Crippen LogP contribution >= 0.6 is 11.8 Å². The van der Waals surface area contributed by atoms with Crippen molar-refractivity contribution in [3.63, 3.8) is 0 Å². The van der Waals surface area contributed by atoms with Crippen molar-refractivity contribution in [1.82, 2.24) is 9.55 Å². The van der Waals surface area contributed by atoms with Crippen molar-refractivity contribution in [2.24, 2.45) is 0 Å². The molecule has 0 fully saturated rings. The highest BCUT2D eigenvalue weighted by atomic mass is 32.2. The minimum atomic E-state index is -0.339. The number of rotatable bonds is 4. The van der Waals surface area contributed by atoms with Crippen LogP contribution in [0.5, 0.6) is 0 Å². The third-order valence-electron chi connectivity index (χ3n) is 5.02. The topological polar surface area (TPSA) is 34.9 Å². The van der Waals surface area contributed by atoms with Crippen molar-refractivity contribution in [2.75, 3.05) is 0 Å². The van der Waals surface area contributed by atoms with Crippen LogP contribution in [0, 0.1) is 5.82 Å². The largest absolute Gasteiger partial charge is 0.268 e. The van der Waals surface area contributed by atoms with E-state index in [1.807, 2.05) is 18.2 Å². The van der Waals surface area contributed by atoms with E-state index in [2.05, 4.69) is 45.0 Å². The Balaban J connectivity index is 1.73. The van der Waals surface area contributed by atoms with Gasteiger partial charge in [-0.3, -0.25) is 9.36 Å². The van der Waals surface area contributed by atoms with E-state index in [0.717, 1.165) is 5.56 Å². The van der Waals surface area contributed by atoms with E-state index < -0.39 is 0 Å². The number of hydrogen-bond acceptors (Lipinski definition) is 3. The molecular weight excluding hydrogens is 395 g/mol. The highest BCUT2D eigenvalue weighted by Crippen LogP contribution is 2.27. The second-order valence-electron chi connectivity index (χ2n) is 8.26. The fourth-order valence-corrected chi connectivity index (χ4v) is 4.24. The molecule has 0 saturated heterocycles. The molecule has 0 aliphatic carbocycles. The quantitative estimate of drug-likeness (QED) is 0.296. The first-order valence-electron chi connectivity index (χ1n) is 9.83. The van der Waals surface area contributed by atoms with Gasteiger partial charge in [-0.15, -0.1) is 0 Å². The lowest BCUT2D eigenvalue weighted by Gasteiger charge is -2.19. The first-order valence-corrected chi connectivity index (χ1v) is 10.8. The normalized spacial score (nSPS) is 11.7. The maximum absolute atomic E-state index is 13.4. The van der Waals surface area contributed by atoms with Crippen LogP contribution < -0.4 is 5.56 Å². The lowest BCUT2D eigenvalue weighted by Crippen LogP contribution is -2.21. The van der Waals surface area contributed by atoms with Gasteiger partial charge in [0.15, 0.2) is 5.16 Å². The fourth-order valence-electron chi connectivity index (χ4n) is 3.28. The van der Waals surface area contributed by atoms with Gasteiger partial charge in [-0.05, 0) is 52.9 Å². The summed E-state index contributed by atoms with van der Waals surface area (Å²) in [6.45, 7) is 6.57. The smallest absolute Gasteiger partial charge is 0.266 e. The molecule has 4 aromatic rings. The second-order valence-corrected chi connectivity index (χ2v) is 9.21. The SMILES string of the molecule is CC(C)(C)c1ccc(CSc2nc3ccccc3c(=O)n2-c2ccc(F)cc2)cc1. The van der Waals surface area contributed by atoms with Gasteiger partial charge < -0.3 is 0 Å². The van der Waals surface area contributed by atoms with Crippen molar-refractivity contribution in [3.8, 4) is 5.69 Å². The number of benzene rings is 3. The van der Waals surface area contributed by atoms with Gasteiger partial charge in [0, 0.05) is 5.75 Å². The Morgan fingerprint density at radius 3 is 2.27 bits per heavy atom. The van der Waals surface area contributed by atoms with Gasteiger partial charge in [-0.25, -0.2) is 9.37 Å². The molecule has 0 bridgehead atoms. The predicted octanol–water partition coefficient (Wildman–Crippen LogP) is 6.11. The molecule has 0 amide bonds. The lowest BCUT2D eigenvalue weighted by atomic mass is 9.87. The van der Waals surface area contributed by atoms with Crippen LogP contribution in [0.3, 0.4) is 0 Å².